The van der Waals surface area contributed by atoms with E-state index in [4.69, 9.17) is 4.74 Å². The van der Waals surface area contributed by atoms with E-state index in [1.165, 1.54) is 24.5 Å². The Morgan fingerprint density at radius 1 is 1.03 bits per heavy atom. The molecular weight excluding hydrogens is 494 g/mol. The Hall–Kier alpha value is -3.91. The van der Waals surface area contributed by atoms with Gasteiger partial charge in [0.05, 0.1) is 18.8 Å². The summed E-state index contributed by atoms with van der Waals surface area (Å²) in [6.45, 7) is 7.20. The van der Waals surface area contributed by atoms with Crippen molar-refractivity contribution < 1.29 is 24.2 Å². The first-order chi connectivity index (χ1) is 18.7. The number of aromatic nitrogens is 1. The summed E-state index contributed by atoms with van der Waals surface area (Å²) in [5, 5.41) is 25.1. The number of nitrogens with one attached hydrogen (secondary N) is 1. The molecule has 0 atom stereocenters. The third-order valence-corrected chi connectivity index (χ3v) is 7.40. The second-order valence-corrected chi connectivity index (χ2v) is 10.6. The van der Waals surface area contributed by atoms with Gasteiger partial charge in [0.25, 0.3) is 5.91 Å². The molecule has 1 aliphatic rings. The number of pyridine rings is 1. The van der Waals surface area contributed by atoms with Gasteiger partial charge in [-0.05, 0) is 41.0 Å². The Morgan fingerprint density at radius 3 is 2.46 bits per heavy atom. The normalized spacial score (nSPS) is 13.7. The van der Waals surface area contributed by atoms with Gasteiger partial charge >= 0.3 is 0 Å². The molecule has 39 heavy (non-hydrogen) atoms. The predicted molar refractivity (Wildman–Crippen MR) is 149 cm³/mol. The Morgan fingerprint density at radius 2 is 1.74 bits per heavy atom. The van der Waals surface area contributed by atoms with Crippen LogP contribution in [0.25, 0.3) is 11.1 Å². The molecule has 2 N–H and O–H groups in total. The van der Waals surface area contributed by atoms with Crippen molar-refractivity contribution in [3.63, 3.8) is 0 Å². The lowest BCUT2D eigenvalue weighted by atomic mass is 9.79. The largest absolute Gasteiger partial charge is 0.619 e. The highest BCUT2D eigenvalue weighted by Gasteiger charge is 2.23. The van der Waals surface area contributed by atoms with E-state index in [0.29, 0.717) is 48.6 Å². The maximum atomic E-state index is 12.5. The van der Waals surface area contributed by atoms with Crippen molar-refractivity contribution in [3.8, 4) is 16.9 Å². The number of ether oxygens (including phenoxy) is 1. The van der Waals surface area contributed by atoms with Gasteiger partial charge in [-0.25, -0.2) is 0 Å². The van der Waals surface area contributed by atoms with Crippen LogP contribution in [-0.4, -0.2) is 48.1 Å². The summed E-state index contributed by atoms with van der Waals surface area (Å²) in [5.41, 5.74) is 3.68. The molecule has 0 unspecified atom stereocenters. The molecule has 1 saturated heterocycles. The number of nitrogens with zero attached hydrogens (tertiary/aromatic N) is 2. The van der Waals surface area contributed by atoms with Crippen LogP contribution in [-0.2, 0) is 21.5 Å². The van der Waals surface area contributed by atoms with Gasteiger partial charge in [0.2, 0.25) is 5.91 Å². The summed E-state index contributed by atoms with van der Waals surface area (Å²) >= 11 is 0. The van der Waals surface area contributed by atoms with Gasteiger partial charge in [0, 0.05) is 43.8 Å². The molecule has 2 heterocycles. The fourth-order valence-electron chi connectivity index (χ4n) is 4.92. The Bertz CT molecular complexity index is 1280. The molecule has 1 aliphatic heterocycles. The average molecular weight is 532 g/mol. The molecule has 206 valence electrons. The Kier molecular flexibility index (Phi) is 9.19. The number of morpholine rings is 1. The first-order valence-electron chi connectivity index (χ1n) is 13.5. The van der Waals surface area contributed by atoms with E-state index < -0.39 is 0 Å². The van der Waals surface area contributed by atoms with E-state index in [1.807, 2.05) is 47.4 Å². The lowest BCUT2D eigenvalue weighted by Crippen LogP contribution is -2.40. The van der Waals surface area contributed by atoms with E-state index in [1.54, 1.807) is 0 Å². The minimum absolute atomic E-state index is 0.163. The van der Waals surface area contributed by atoms with Crippen molar-refractivity contribution in [2.75, 3.05) is 26.3 Å². The maximum Gasteiger partial charge on any atom is 0.252 e. The number of phenolic OH excluding ortho intramolecular Hbond substituents is 1. The van der Waals surface area contributed by atoms with Crippen LogP contribution in [0, 0.1) is 5.21 Å². The minimum Gasteiger partial charge on any atom is -0.619 e. The summed E-state index contributed by atoms with van der Waals surface area (Å²) in [7, 11) is 0. The van der Waals surface area contributed by atoms with Crippen LogP contribution in [0.2, 0.25) is 0 Å². The molecule has 0 spiro atoms. The number of hydrogen-bond donors (Lipinski definition) is 2. The first kappa shape index (κ1) is 28.1. The minimum atomic E-state index is -0.279. The number of amides is 2. The summed E-state index contributed by atoms with van der Waals surface area (Å²) in [5.74, 6) is 0.107. The molecule has 3 aromatic rings. The van der Waals surface area contributed by atoms with Crippen molar-refractivity contribution >= 4 is 11.8 Å². The third kappa shape index (κ3) is 7.35. The van der Waals surface area contributed by atoms with E-state index in [-0.39, 0.29) is 29.5 Å². The molecule has 8 heteroatoms. The average Bonchev–Trinajstić information content (AvgIpc) is 2.95. The molecule has 2 amide bonds. The van der Waals surface area contributed by atoms with Crippen molar-refractivity contribution in [2.24, 2.45) is 0 Å². The quantitative estimate of drug-likeness (QED) is 0.230. The van der Waals surface area contributed by atoms with Gasteiger partial charge in [-0.2, -0.15) is 4.73 Å². The smallest absolute Gasteiger partial charge is 0.252 e. The van der Waals surface area contributed by atoms with Gasteiger partial charge in [0.15, 0.2) is 12.4 Å². The van der Waals surface area contributed by atoms with Gasteiger partial charge < -0.3 is 25.3 Å². The highest BCUT2D eigenvalue weighted by molar-refractivity contribution is 5.94. The van der Waals surface area contributed by atoms with Crippen LogP contribution in [0.4, 0.5) is 0 Å². The van der Waals surface area contributed by atoms with E-state index in [9.17, 15) is 19.9 Å². The lowest BCUT2D eigenvalue weighted by Gasteiger charge is -2.28. The highest BCUT2D eigenvalue weighted by atomic mass is 16.5. The summed E-state index contributed by atoms with van der Waals surface area (Å²) < 4.78 is 5.96. The number of benzene rings is 2. The monoisotopic (exact) mass is 531 g/mol. The van der Waals surface area contributed by atoms with E-state index >= 15 is 0 Å². The van der Waals surface area contributed by atoms with E-state index in [0.717, 1.165) is 36.0 Å². The molecule has 0 radical (unpaired) electrons. The number of hydrogen-bond acceptors (Lipinski definition) is 5. The fourth-order valence-corrected chi connectivity index (χ4v) is 4.92. The van der Waals surface area contributed by atoms with Gasteiger partial charge in [-0.3, -0.25) is 9.59 Å². The topological polar surface area (TPSA) is 106 Å². The molecule has 8 nitrogen and oxygen atoms in total. The second-order valence-electron chi connectivity index (χ2n) is 10.6. The molecule has 0 aliphatic carbocycles. The molecule has 4 rings (SSSR count). The third-order valence-electron chi connectivity index (χ3n) is 7.40. The molecular formula is C31H37N3O5. The molecule has 1 aromatic heterocycles. The SMILES string of the molecule is CC(C)(CCCCC(=O)N1CCOCC1)c1ccc(-c2ccccc2CNC(=O)c2cc[n+]([O-])cc2)c(O)c1. The number of rotatable bonds is 10. The summed E-state index contributed by atoms with van der Waals surface area (Å²) in [6.07, 6.45) is 5.78. The summed E-state index contributed by atoms with van der Waals surface area (Å²) in [6, 6.07) is 16.4. The van der Waals surface area contributed by atoms with Crippen LogP contribution in [0.15, 0.2) is 67.0 Å². The van der Waals surface area contributed by atoms with Crippen LogP contribution in [0.3, 0.4) is 0 Å². The lowest BCUT2D eigenvalue weighted by molar-refractivity contribution is -0.605. The van der Waals surface area contributed by atoms with Gasteiger partial charge in [-0.15, -0.1) is 0 Å². The van der Waals surface area contributed by atoms with Crippen LogP contribution < -0.4 is 10.0 Å². The van der Waals surface area contributed by atoms with Crippen molar-refractivity contribution in [1.82, 2.24) is 10.2 Å². The first-order valence-corrected chi connectivity index (χ1v) is 13.5. The van der Waals surface area contributed by atoms with Crippen LogP contribution in [0.1, 0.15) is 61.0 Å². The molecule has 0 saturated carbocycles. The zero-order valence-corrected chi connectivity index (χ0v) is 22.7. The van der Waals surface area contributed by atoms with Crippen molar-refractivity contribution in [1.29, 1.82) is 0 Å². The molecule has 2 aromatic carbocycles. The zero-order valence-electron chi connectivity index (χ0n) is 22.7. The van der Waals surface area contributed by atoms with Gasteiger partial charge in [0.1, 0.15) is 5.75 Å². The number of aromatic hydroxyl groups is 1. The summed E-state index contributed by atoms with van der Waals surface area (Å²) in [4.78, 5) is 26.8. The fraction of sp³-hybridized carbons (Fsp3) is 0.387. The number of unbranched alkanes of at least 4 members (excludes halogenated alkanes) is 1. The Labute approximate surface area is 229 Å². The van der Waals surface area contributed by atoms with E-state index in [2.05, 4.69) is 19.2 Å². The highest BCUT2D eigenvalue weighted by Crippen LogP contribution is 2.37. The number of phenols is 1. The number of carbonyl (C=O) groups excluding carboxylic acids is 2. The van der Waals surface area contributed by atoms with Crippen molar-refractivity contribution in [2.45, 2.75) is 51.5 Å². The van der Waals surface area contributed by atoms with Crippen LogP contribution in [0.5, 0.6) is 5.75 Å². The Balaban J connectivity index is 1.37. The molecule has 0 bridgehead atoms. The maximum absolute atomic E-state index is 12.5. The molecule has 1 fully saturated rings. The van der Waals surface area contributed by atoms with Crippen LogP contribution >= 0.6 is 0 Å². The van der Waals surface area contributed by atoms with Crippen molar-refractivity contribution in [3.05, 3.63) is 88.9 Å². The zero-order chi connectivity index (χ0) is 27.8. The second kappa shape index (κ2) is 12.8. The standard InChI is InChI=1S/C31H37N3O5/c1-31(2,14-6-5-9-29(36)33-17-19-39-20-18-33)25-10-11-27(28(35)21-25)26-8-4-3-7-24(26)22-32-30(37)23-12-15-34(38)16-13-23/h3-4,7-8,10-13,15-16,21,35H,5-6,9,14,17-20,22H2,1-2H3,(H,32,37). The number of carbonyl (C=O) groups is 2. The predicted octanol–water partition coefficient (Wildman–Crippen LogP) is 4.32. The van der Waals surface area contributed by atoms with Gasteiger partial charge in [-0.1, -0.05) is 56.7 Å².